The van der Waals surface area contributed by atoms with Gasteiger partial charge in [-0.15, -0.1) is 0 Å². The first-order valence-electron chi connectivity index (χ1n) is 3.37. The second-order valence-corrected chi connectivity index (χ2v) is 2.76. The number of rotatable bonds is 1. The van der Waals surface area contributed by atoms with Crippen LogP contribution in [0.4, 0.5) is 13.2 Å². The van der Waals surface area contributed by atoms with Crippen LogP contribution >= 0.6 is 11.6 Å². The van der Waals surface area contributed by atoms with Crippen molar-refractivity contribution in [2.24, 2.45) is 0 Å². The van der Waals surface area contributed by atoms with Crippen molar-refractivity contribution in [3.05, 3.63) is 28.5 Å². The molecule has 2 radical (unpaired) electrons. The Morgan fingerprint density at radius 1 is 1.38 bits per heavy atom. The maximum Gasteiger partial charge on any atom is 0.416 e. The van der Waals surface area contributed by atoms with Crippen LogP contribution in [0.1, 0.15) is 11.3 Å². The largest absolute Gasteiger partial charge is 0.416 e. The zero-order valence-corrected chi connectivity index (χ0v) is 7.15. The molecule has 0 aliphatic carbocycles. The van der Waals surface area contributed by atoms with E-state index in [4.69, 9.17) is 19.4 Å². The Bertz CT molecular complexity index is 313. The van der Waals surface area contributed by atoms with Gasteiger partial charge in [-0.05, 0) is 18.5 Å². The molecule has 0 fully saturated rings. The zero-order valence-electron chi connectivity index (χ0n) is 6.40. The highest BCUT2D eigenvalue weighted by Crippen LogP contribution is 2.30. The van der Waals surface area contributed by atoms with E-state index in [0.29, 0.717) is 0 Å². The molecule has 0 bridgehead atoms. The second kappa shape index (κ2) is 3.58. The fraction of sp³-hybridized carbons (Fsp3) is 0.286. The molecule has 0 N–H and O–H groups in total. The molecule has 0 aliphatic rings. The lowest BCUT2D eigenvalue weighted by Crippen LogP contribution is -2.06. The molecule has 0 aromatic carbocycles. The van der Waals surface area contributed by atoms with E-state index in [9.17, 15) is 13.2 Å². The molecule has 1 aromatic heterocycles. The Hall–Kier alpha value is -0.705. The van der Waals surface area contributed by atoms with E-state index >= 15 is 0 Å². The average molecular weight is 205 g/mol. The molecule has 1 rings (SSSR count). The van der Waals surface area contributed by atoms with Gasteiger partial charge >= 0.3 is 6.18 Å². The third kappa shape index (κ3) is 2.62. The van der Waals surface area contributed by atoms with Crippen molar-refractivity contribution in [1.29, 1.82) is 0 Å². The van der Waals surface area contributed by atoms with Crippen molar-refractivity contribution in [2.75, 3.05) is 0 Å². The number of aromatic nitrogens is 1. The van der Waals surface area contributed by atoms with Gasteiger partial charge in [0.2, 0.25) is 0 Å². The van der Waals surface area contributed by atoms with Gasteiger partial charge in [0.05, 0.1) is 13.4 Å². The van der Waals surface area contributed by atoms with E-state index in [-0.39, 0.29) is 17.2 Å². The van der Waals surface area contributed by atoms with Crippen LogP contribution in [-0.4, -0.2) is 12.8 Å². The van der Waals surface area contributed by atoms with Crippen LogP contribution in [0.5, 0.6) is 0 Å². The predicted molar refractivity (Wildman–Crippen MR) is 43.7 cm³/mol. The lowest BCUT2D eigenvalue weighted by atomic mass is 10.0. The van der Waals surface area contributed by atoms with Crippen LogP contribution < -0.4 is 0 Å². The van der Waals surface area contributed by atoms with Crippen molar-refractivity contribution in [3.63, 3.8) is 0 Å². The lowest BCUT2D eigenvalue weighted by molar-refractivity contribution is -0.137. The zero-order chi connectivity index (χ0) is 10.1. The first-order chi connectivity index (χ1) is 5.93. The number of nitrogens with zero attached hydrogens (tertiary/aromatic N) is 1. The van der Waals surface area contributed by atoms with E-state index in [0.717, 1.165) is 12.1 Å². The predicted octanol–water partition coefficient (Wildman–Crippen LogP) is 2.42. The van der Waals surface area contributed by atoms with E-state index in [1.165, 1.54) is 0 Å². The minimum absolute atomic E-state index is 0.0658. The summed E-state index contributed by atoms with van der Waals surface area (Å²) >= 11 is 5.37. The summed E-state index contributed by atoms with van der Waals surface area (Å²) in [6.45, 7) is 0. The Labute approximate surface area is 79.3 Å². The Morgan fingerprint density at radius 2 is 2.00 bits per heavy atom. The number of alkyl halides is 3. The molecule has 13 heavy (non-hydrogen) atoms. The Kier molecular flexibility index (Phi) is 2.85. The van der Waals surface area contributed by atoms with Crippen LogP contribution in [0.3, 0.4) is 0 Å². The van der Waals surface area contributed by atoms with Crippen molar-refractivity contribution in [1.82, 2.24) is 4.98 Å². The number of halogens is 4. The normalized spacial score (nSPS) is 11.7. The van der Waals surface area contributed by atoms with Gasteiger partial charge in [0.25, 0.3) is 0 Å². The van der Waals surface area contributed by atoms with Crippen molar-refractivity contribution in [3.8, 4) is 0 Å². The molecule has 0 aliphatic heterocycles. The Balaban J connectivity index is 3.16. The lowest BCUT2D eigenvalue weighted by Gasteiger charge is -2.07. The van der Waals surface area contributed by atoms with Crippen LogP contribution in [0, 0.1) is 0 Å². The molecule has 0 amide bonds. The van der Waals surface area contributed by atoms with Gasteiger partial charge in [-0.2, -0.15) is 13.2 Å². The van der Waals surface area contributed by atoms with Crippen molar-refractivity contribution >= 4 is 19.4 Å². The molecule has 0 unspecified atom stereocenters. The monoisotopic (exact) mass is 205 g/mol. The van der Waals surface area contributed by atoms with Gasteiger partial charge in [-0.25, -0.2) is 4.98 Å². The summed E-state index contributed by atoms with van der Waals surface area (Å²) in [6, 6.07) is 1.65. The van der Waals surface area contributed by atoms with Crippen LogP contribution in [0.2, 0.25) is 5.15 Å². The highest BCUT2D eigenvalue weighted by molar-refractivity contribution is 6.29. The van der Waals surface area contributed by atoms with Gasteiger partial charge in [0.15, 0.2) is 0 Å². The molecule has 68 valence electrons. The standard InChI is InChI=1S/C7H4BClF3N/c8-3-5-1-4(7(10,11)12)2-6(9)13-5/h1-2H,3H2. The maximum absolute atomic E-state index is 12.2. The van der Waals surface area contributed by atoms with E-state index in [1.807, 2.05) is 0 Å². The van der Waals surface area contributed by atoms with Gasteiger partial charge in [-0.3, -0.25) is 0 Å². The molecule has 0 saturated heterocycles. The van der Waals surface area contributed by atoms with E-state index in [1.54, 1.807) is 0 Å². The summed E-state index contributed by atoms with van der Waals surface area (Å²) in [5.41, 5.74) is -0.701. The highest BCUT2D eigenvalue weighted by Gasteiger charge is 2.31. The highest BCUT2D eigenvalue weighted by atomic mass is 35.5. The Morgan fingerprint density at radius 3 is 2.46 bits per heavy atom. The summed E-state index contributed by atoms with van der Waals surface area (Å²) in [6.07, 6.45) is -4.47. The van der Waals surface area contributed by atoms with Crippen molar-refractivity contribution < 1.29 is 13.2 Å². The molecule has 1 nitrogen and oxygen atoms in total. The third-order valence-electron chi connectivity index (χ3n) is 1.38. The number of hydrogen-bond donors (Lipinski definition) is 0. The first kappa shape index (κ1) is 10.4. The number of pyridine rings is 1. The van der Waals surface area contributed by atoms with Gasteiger partial charge in [0, 0.05) is 5.69 Å². The fourth-order valence-corrected chi connectivity index (χ4v) is 1.05. The van der Waals surface area contributed by atoms with Gasteiger partial charge in [-0.1, -0.05) is 11.6 Å². The summed E-state index contributed by atoms with van der Waals surface area (Å²) in [7, 11) is 5.14. The summed E-state index contributed by atoms with van der Waals surface area (Å²) in [5, 5.41) is -0.199. The number of hydrogen-bond acceptors (Lipinski definition) is 1. The molecular formula is C7H4BClF3N. The smallest absolute Gasteiger partial charge is 0.242 e. The minimum Gasteiger partial charge on any atom is -0.242 e. The molecule has 1 heterocycles. The molecule has 6 heteroatoms. The van der Waals surface area contributed by atoms with E-state index < -0.39 is 11.7 Å². The molecule has 1 aromatic rings. The van der Waals surface area contributed by atoms with Crippen LogP contribution in [0.25, 0.3) is 0 Å². The summed E-state index contributed by atoms with van der Waals surface area (Å²) in [5.74, 6) is 0. The summed E-state index contributed by atoms with van der Waals surface area (Å²) < 4.78 is 36.5. The third-order valence-corrected chi connectivity index (χ3v) is 1.58. The molecular weight excluding hydrogens is 201 g/mol. The SMILES string of the molecule is [B]Cc1cc(C(F)(F)F)cc(Cl)n1. The summed E-state index contributed by atoms with van der Waals surface area (Å²) in [4.78, 5) is 3.61. The van der Waals surface area contributed by atoms with Gasteiger partial charge < -0.3 is 0 Å². The topological polar surface area (TPSA) is 12.9 Å². The van der Waals surface area contributed by atoms with Crippen molar-refractivity contribution in [2.45, 2.75) is 12.5 Å². The quantitative estimate of drug-likeness (QED) is 0.507. The molecule has 0 spiro atoms. The van der Waals surface area contributed by atoms with Crippen LogP contribution in [-0.2, 0) is 12.5 Å². The molecule has 0 atom stereocenters. The van der Waals surface area contributed by atoms with Gasteiger partial charge in [0.1, 0.15) is 5.15 Å². The average Bonchev–Trinajstić information content (AvgIpc) is 2.01. The minimum atomic E-state index is -4.41. The second-order valence-electron chi connectivity index (χ2n) is 2.37. The van der Waals surface area contributed by atoms with E-state index in [2.05, 4.69) is 4.98 Å². The molecule has 0 saturated carbocycles. The van der Waals surface area contributed by atoms with Crippen LogP contribution in [0.15, 0.2) is 12.1 Å². The fourth-order valence-electron chi connectivity index (χ4n) is 0.819. The maximum atomic E-state index is 12.2. The first-order valence-corrected chi connectivity index (χ1v) is 3.75.